The van der Waals surface area contributed by atoms with Gasteiger partial charge in [-0.1, -0.05) is 0 Å². The zero-order chi connectivity index (χ0) is 17.1. The number of benzene rings is 1. The molecule has 8 nitrogen and oxygen atoms in total. The molecule has 1 aliphatic rings. The van der Waals surface area contributed by atoms with Gasteiger partial charge in [0, 0.05) is 30.8 Å². The Morgan fingerprint density at radius 1 is 1.42 bits per heavy atom. The molecule has 2 atom stereocenters. The number of nitro benzene ring substituents is 1. The van der Waals surface area contributed by atoms with Crippen molar-refractivity contribution in [1.82, 2.24) is 15.1 Å². The second-order valence-electron chi connectivity index (χ2n) is 6.11. The summed E-state index contributed by atoms with van der Waals surface area (Å²) in [5, 5.41) is 28.2. The van der Waals surface area contributed by atoms with Crippen molar-refractivity contribution >= 4 is 5.69 Å². The minimum atomic E-state index is -0.445. The minimum Gasteiger partial charge on any atom is -0.419 e. The van der Waals surface area contributed by atoms with Crippen LogP contribution in [0, 0.1) is 16.0 Å². The average molecular weight is 332 g/mol. The van der Waals surface area contributed by atoms with Crippen LogP contribution in [0.15, 0.2) is 28.7 Å². The zero-order valence-electron chi connectivity index (χ0n) is 13.5. The lowest BCUT2D eigenvalue weighted by molar-refractivity contribution is -0.384. The lowest BCUT2D eigenvalue weighted by Gasteiger charge is -2.34. The van der Waals surface area contributed by atoms with Gasteiger partial charge in [0.25, 0.3) is 5.69 Å². The van der Waals surface area contributed by atoms with E-state index in [9.17, 15) is 15.2 Å². The van der Waals surface area contributed by atoms with Crippen LogP contribution in [-0.2, 0) is 0 Å². The van der Waals surface area contributed by atoms with Crippen LogP contribution in [0.4, 0.5) is 5.69 Å². The summed E-state index contributed by atoms with van der Waals surface area (Å²) in [7, 11) is 0. The molecule has 0 amide bonds. The fourth-order valence-corrected chi connectivity index (χ4v) is 3.00. The molecule has 2 unspecified atom stereocenters. The number of aliphatic hydroxyl groups excluding tert-OH is 1. The SMILES string of the molecule is CC(c1nnc(-c2ccc([N+](=O)[O-])cc2)o1)N1CCCC(CO)C1. The molecular formula is C16H20N4O4. The molecule has 1 N–H and O–H groups in total. The van der Waals surface area contributed by atoms with Crippen LogP contribution >= 0.6 is 0 Å². The lowest BCUT2D eigenvalue weighted by atomic mass is 9.98. The van der Waals surface area contributed by atoms with Crippen LogP contribution in [-0.4, -0.2) is 44.8 Å². The normalized spacial score (nSPS) is 20.0. The fraction of sp³-hybridized carbons (Fsp3) is 0.500. The molecule has 0 bridgehead atoms. The molecular weight excluding hydrogens is 312 g/mol. The van der Waals surface area contributed by atoms with Crippen LogP contribution in [0.2, 0.25) is 0 Å². The highest BCUT2D eigenvalue weighted by Gasteiger charge is 2.27. The highest BCUT2D eigenvalue weighted by molar-refractivity contribution is 5.55. The lowest BCUT2D eigenvalue weighted by Crippen LogP contribution is -2.38. The van der Waals surface area contributed by atoms with Gasteiger partial charge in [0.15, 0.2) is 0 Å². The van der Waals surface area contributed by atoms with E-state index in [0.29, 0.717) is 23.3 Å². The van der Waals surface area contributed by atoms with Crippen molar-refractivity contribution in [2.24, 2.45) is 5.92 Å². The third-order valence-electron chi connectivity index (χ3n) is 4.48. The van der Waals surface area contributed by atoms with Crippen molar-refractivity contribution in [3.05, 3.63) is 40.3 Å². The molecule has 8 heteroatoms. The summed E-state index contributed by atoms with van der Waals surface area (Å²) in [6, 6.07) is 6.00. The van der Waals surface area contributed by atoms with Crippen LogP contribution in [0.5, 0.6) is 0 Å². The van der Waals surface area contributed by atoms with Gasteiger partial charge in [0.1, 0.15) is 0 Å². The van der Waals surface area contributed by atoms with E-state index < -0.39 is 4.92 Å². The van der Waals surface area contributed by atoms with Gasteiger partial charge >= 0.3 is 0 Å². The molecule has 1 fully saturated rings. The van der Waals surface area contributed by atoms with E-state index in [1.165, 1.54) is 12.1 Å². The summed E-state index contributed by atoms with van der Waals surface area (Å²) in [5.74, 6) is 1.16. The number of nitrogens with zero attached hydrogens (tertiary/aromatic N) is 4. The standard InChI is InChI=1S/C16H20N4O4/c1-11(19-8-2-3-12(9-19)10-21)15-17-18-16(24-15)13-4-6-14(7-5-13)20(22)23/h4-7,11-12,21H,2-3,8-10H2,1H3. The number of piperidine rings is 1. The number of aliphatic hydroxyl groups is 1. The Hall–Kier alpha value is -2.32. The summed E-state index contributed by atoms with van der Waals surface area (Å²) < 4.78 is 5.76. The van der Waals surface area contributed by atoms with Crippen molar-refractivity contribution < 1.29 is 14.4 Å². The third-order valence-corrected chi connectivity index (χ3v) is 4.48. The smallest absolute Gasteiger partial charge is 0.269 e. The van der Waals surface area contributed by atoms with Crippen LogP contribution in [0.25, 0.3) is 11.5 Å². The molecule has 1 saturated heterocycles. The molecule has 2 aromatic rings. The number of rotatable bonds is 5. The first-order valence-corrected chi connectivity index (χ1v) is 8.01. The first kappa shape index (κ1) is 16.5. The topological polar surface area (TPSA) is 106 Å². The van der Waals surface area contributed by atoms with E-state index in [4.69, 9.17) is 4.42 Å². The van der Waals surface area contributed by atoms with Gasteiger partial charge in [-0.25, -0.2) is 0 Å². The second-order valence-corrected chi connectivity index (χ2v) is 6.11. The number of likely N-dealkylation sites (tertiary alicyclic amines) is 1. The fourth-order valence-electron chi connectivity index (χ4n) is 3.00. The maximum absolute atomic E-state index is 10.7. The molecule has 0 aliphatic carbocycles. The first-order valence-electron chi connectivity index (χ1n) is 8.01. The quantitative estimate of drug-likeness (QED) is 0.662. The molecule has 1 aliphatic heterocycles. The monoisotopic (exact) mass is 332 g/mol. The number of aromatic nitrogens is 2. The Morgan fingerprint density at radius 2 is 2.17 bits per heavy atom. The summed E-state index contributed by atoms with van der Waals surface area (Å²) >= 11 is 0. The summed E-state index contributed by atoms with van der Waals surface area (Å²) in [6.07, 6.45) is 2.08. The maximum Gasteiger partial charge on any atom is 0.269 e. The van der Waals surface area contributed by atoms with E-state index >= 15 is 0 Å². The number of hydrogen-bond acceptors (Lipinski definition) is 7. The van der Waals surface area contributed by atoms with Crippen molar-refractivity contribution in [3.63, 3.8) is 0 Å². The number of non-ortho nitro benzene ring substituents is 1. The molecule has 2 heterocycles. The van der Waals surface area contributed by atoms with E-state index in [1.54, 1.807) is 12.1 Å². The van der Waals surface area contributed by atoms with Crippen molar-refractivity contribution in [2.45, 2.75) is 25.8 Å². The van der Waals surface area contributed by atoms with E-state index in [2.05, 4.69) is 15.1 Å². The number of hydrogen-bond donors (Lipinski definition) is 1. The second kappa shape index (κ2) is 7.06. The van der Waals surface area contributed by atoms with Gasteiger partial charge in [-0.2, -0.15) is 0 Å². The van der Waals surface area contributed by atoms with E-state index in [1.807, 2.05) is 6.92 Å². The molecule has 0 saturated carbocycles. The molecule has 1 aromatic heterocycles. The predicted octanol–water partition coefficient (Wildman–Crippen LogP) is 2.41. The van der Waals surface area contributed by atoms with Crippen LogP contribution in [0.3, 0.4) is 0 Å². The Bertz CT molecular complexity index is 700. The van der Waals surface area contributed by atoms with Gasteiger partial charge in [0.05, 0.1) is 11.0 Å². The highest BCUT2D eigenvalue weighted by atomic mass is 16.6. The Labute approximate surface area is 139 Å². The Morgan fingerprint density at radius 3 is 2.83 bits per heavy atom. The zero-order valence-corrected chi connectivity index (χ0v) is 13.5. The van der Waals surface area contributed by atoms with Gasteiger partial charge in [-0.3, -0.25) is 15.0 Å². The molecule has 128 valence electrons. The van der Waals surface area contributed by atoms with Crippen LogP contribution in [0.1, 0.15) is 31.7 Å². The van der Waals surface area contributed by atoms with E-state index in [0.717, 1.165) is 25.9 Å². The van der Waals surface area contributed by atoms with Gasteiger partial charge in [-0.05, 0) is 44.4 Å². The molecule has 1 aromatic carbocycles. The molecule has 0 radical (unpaired) electrons. The summed E-state index contributed by atoms with van der Waals surface area (Å²) in [6.45, 7) is 3.95. The van der Waals surface area contributed by atoms with Crippen molar-refractivity contribution in [3.8, 4) is 11.5 Å². The van der Waals surface area contributed by atoms with Gasteiger partial charge < -0.3 is 9.52 Å². The van der Waals surface area contributed by atoms with Gasteiger partial charge in [0.2, 0.25) is 11.8 Å². The maximum atomic E-state index is 10.7. The van der Waals surface area contributed by atoms with E-state index in [-0.39, 0.29) is 18.3 Å². The molecule has 0 spiro atoms. The average Bonchev–Trinajstić information content (AvgIpc) is 3.11. The number of nitro groups is 1. The Kier molecular flexibility index (Phi) is 4.86. The third kappa shape index (κ3) is 3.44. The summed E-state index contributed by atoms with van der Waals surface area (Å²) in [5.41, 5.74) is 0.675. The summed E-state index contributed by atoms with van der Waals surface area (Å²) in [4.78, 5) is 12.5. The molecule has 24 heavy (non-hydrogen) atoms. The largest absolute Gasteiger partial charge is 0.419 e. The molecule has 3 rings (SSSR count). The first-order chi connectivity index (χ1) is 11.6. The van der Waals surface area contributed by atoms with Crippen molar-refractivity contribution in [1.29, 1.82) is 0 Å². The minimum absolute atomic E-state index is 0.0234. The highest BCUT2D eigenvalue weighted by Crippen LogP contribution is 2.28. The van der Waals surface area contributed by atoms with Gasteiger partial charge in [-0.15, -0.1) is 10.2 Å². The van der Waals surface area contributed by atoms with Crippen molar-refractivity contribution in [2.75, 3.05) is 19.7 Å². The van der Waals surface area contributed by atoms with Crippen LogP contribution < -0.4 is 0 Å². The Balaban J connectivity index is 1.73. The predicted molar refractivity (Wildman–Crippen MR) is 86.2 cm³/mol.